The summed E-state index contributed by atoms with van der Waals surface area (Å²) < 4.78 is 113. The highest BCUT2D eigenvalue weighted by molar-refractivity contribution is 7.89. The van der Waals surface area contributed by atoms with Crippen molar-refractivity contribution in [2.24, 2.45) is 5.16 Å². The number of allylic oxidation sites excluding steroid dienone is 2. The Morgan fingerprint density at radius 3 is 2.39 bits per heavy atom. The van der Waals surface area contributed by atoms with Gasteiger partial charge in [0.25, 0.3) is 10.0 Å². The van der Waals surface area contributed by atoms with E-state index in [0.29, 0.717) is 5.71 Å². The molecule has 2 N–H and O–H groups in total. The van der Waals surface area contributed by atoms with Crippen LogP contribution in [0.1, 0.15) is 11.3 Å². The topological polar surface area (TPSA) is 115 Å². The Morgan fingerprint density at radius 2 is 1.71 bits per heavy atom. The van der Waals surface area contributed by atoms with Crippen molar-refractivity contribution in [1.82, 2.24) is 20.2 Å². The molecular weight excluding hydrogens is 544 g/mol. The fraction of sp³-hybridized carbons (Fsp3) is 0.136. The number of benzene rings is 1. The first kappa shape index (κ1) is 25.5. The molecule has 38 heavy (non-hydrogen) atoms. The standard InChI is InChI=1S/C22H13F6N5O4S/c23-21(24,25)14-10-17(22(26,27)28)29-20-13(14)8-9-18(30-20)36-11-4-6-12(7-5-11)38(34,35)33-16-3-1-2-15-19(16)32-37-31-15/h1-10,19,32-33H. The van der Waals surface area contributed by atoms with Crippen LogP contribution in [0.15, 0.2) is 76.4 Å². The highest BCUT2D eigenvalue weighted by Crippen LogP contribution is 2.38. The summed E-state index contributed by atoms with van der Waals surface area (Å²) in [5.41, 5.74) is -0.853. The number of sulfonamides is 1. The molecule has 198 valence electrons. The maximum atomic E-state index is 13.3. The van der Waals surface area contributed by atoms with Gasteiger partial charge in [-0.3, -0.25) is 9.66 Å². The Balaban J connectivity index is 1.38. The Bertz CT molecular complexity index is 1620. The zero-order valence-corrected chi connectivity index (χ0v) is 19.3. The molecule has 0 saturated carbocycles. The monoisotopic (exact) mass is 557 g/mol. The van der Waals surface area contributed by atoms with E-state index in [0.717, 1.165) is 12.1 Å². The Kier molecular flexibility index (Phi) is 6.02. The molecule has 1 aliphatic carbocycles. The van der Waals surface area contributed by atoms with Gasteiger partial charge < -0.3 is 4.74 Å². The van der Waals surface area contributed by atoms with Gasteiger partial charge in [-0.2, -0.15) is 31.3 Å². The zero-order valence-electron chi connectivity index (χ0n) is 18.5. The molecule has 1 aliphatic heterocycles. The number of nitrogens with one attached hydrogen (secondary N) is 2. The lowest BCUT2D eigenvalue weighted by molar-refractivity contribution is -0.144. The van der Waals surface area contributed by atoms with Crippen molar-refractivity contribution in [3.63, 3.8) is 0 Å². The highest BCUT2D eigenvalue weighted by Gasteiger charge is 2.39. The number of hydroxylamine groups is 1. The minimum Gasteiger partial charge on any atom is -0.439 e. The van der Waals surface area contributed by atoms with E-state index in [2.05, 4.69) is 25.3 Å². The second kappa shape index (κ2) is 8.98. The number of rotatable bonds is 5. The quantitative estimate of drug-likeness (QED) is 0.446. The molecule has 0 radical (unpaired) electrons. The van der Waals surface area contributed by atoms with E-state index in [-0.39, 0.29) is 28.3 Å². The van der Waals surface area contributed by atoms with E-state index in [1.165, 1.54) is 30.3 Å². The van der Waals surface area contributed by atoms with Crippen LogP contribution in [0.4, 0.5) is 26.3 Å². The van der Waals surface area contributed by atoms with Crippen LogP contribution >= 0.6 is 0 Å². The van der Waals surface area contributed by atoms with Crippen molar-refractivity contribution in [2.75, 3.05) is 0 Å². The third-order valence-electron chi connectivity index (χ3n) is 5.32. The summed E-state index contributed by atoms with van der Waals surface area (Å²) in [7, 11) is -4.05. The third-order valence-corrected chi connectivity index (χ3v) is 6.72. The number of ether oxygens (including phenoxy) is 1. The van der Waals surface area contributed by atoms with Crippen molar-refractivity contribution in [3.05, 3.63) is 77.6 Å². The maximum absolute atomic E-state index is 13.3. The fourth-order valence-electron chi connectivity index (χ4n) is 3.58. The number of aromatic nitrogens is 2. The van der Waals surface area contributed by atoms with E-state index < -0.39 is 50.7 Å². The smallest absolute Gasteiger partial charge is 0.433 e. The van der Waals surface area contributed by atoms with Gasteiger partial charge in [-0.1, -0.05) is 11.2 Å². The molecule has 3 heterocycles. The van der Waals surface area contributed by atoms with E-state index in [1.54, 1.807) is 12.2 Å². The predicted molar refractivity (Wildman–Crippen MR) is 119 cm³/mol. The number of nitrogens with zero attached hydrogens (tertiary/aromatic N) is 3. The SMILES string of the molecule is O=S(=O)(NC1=CC=CC2=NONC12)c1ccc(Oc2ccc3c(C(F)(F)F)cc(C(F)(F)F)nc3n2)cc1. The lowest BCUT2D eigenvalue weighted by Crippen LogP contribution is -2.40. The summed E-state index contributed by atoms with van der Waals surface area (Å²) in [6.07, 6.45) is -5.48. The first-order valence-electron chi connectivity index (χ1n) is 10.5. The van der Waals surface area contributed by atoms with Gasteiger partial charge in [0.05, 0.1) is 16.2 Å². The Morgan fingerprint density at radius 1 is 0.974 bits per heavy atom. The van der Waals surface area contributed by atoms with Crippen LogP contribution < -0.4 is 14.9 Å². The van der Waals surface area contributed by atoms with Crippen LogP contribution in [-0.2, 0) is 27.3 Å². The molecule has 1 atom stereocenters. The molecule has 9 nitrogen and oxygen atoms in total. The summed E-state index contributed by atoms with van der Waals surface area (Å²) in [5.74, 6) is -0.344. The van der Waals surface area contributed by atoms with Crippen molar-refractivity contribution in [3.8, 4) is 11.6 Å². The number of hydrogen-bond acceptors (Lipinski definition) is 8. The van der Waals surface area contributed by atoms with Gasteiger partial charge in [0.2, 0.25) is 5.88 Å². The average Bonchev–Trinajstić information content (AvgIpc) is 3.32. The van der Waals surface area contributed by atoms with Gasteiger partial charge in [0, 0.05) is 11.5 Å². The number of fused-ring (bicyclic) bond motifs is 2. The first-order valence-corrected chi connectivity index (χ1v) is 11.9. The Labute approximate surface area is 209 Å². The molecule has 5 rings (SSSR count). The van der Waals surface area contributed by atoms with Crippen molar-refractivity contribution < 1.29 is 44.4 Å². The molecule has 2 aromatic heterocycles. The number of alkyl halides is 6. The minimum atomic E-state index is -5.14. The molecule has 0 amide bonds. The van der Waals surface area contributed by atoms with Crippen molar-refractivity contribution >= 4 is 26.8 Å². The second-order valence-electron chi connectivity index (χ2n) is 7.89. The van der Waals surface area contributed by atoms with Crippen molar-refractivity contribution in [1.29, 1.82) is 0 Å². The molecule has 1 aromatic carbocycles. The number of halogens is 6. The normalized spacial score (nSPS) is 17.5. The summed E-state index contributed by atoms with van der Waals surface area (Å²) in [6.45, 7) is 0. The number of pyridine rings is 2. The molecule has 1 unspecified atom stereocenters. The average molecular weight is 557 g/mol. The van der Waals surface area contributed by atoms with Gasteiger partial charge >= 0.3 is 12.4 Å². The van der Waals surface area contributed by atoms with Crippen LogP contribution in [0.5, 0.6) is 11.6 Å². The van der Waals surface area contributed by atoms with Crippen LogP contribution in [0, 0.1) is 0 Å². The maximum Gasteiger partial charge on any atom is 0.433 e. The molecule has 0 fully saturated rings. The van der Waals surface area contributed by atoms with Gasteiger partial charge in [-0.15, -0.1) is 5.48 Å². The highest BCUT2D eigenvalue weighted by atomic mass is 32.2. The van der Waals surface area contributed by atoms with Gasteiger partial charge in [-0.25, -0.2) is 13.4 Å². The molecular formula is C22H13F6N5O4S. The predicted octanol–water partition coefficient (Wildman–Crippen LogP) is 4.45. The molecule has 0 saturated heterocycles. The zero-order chi connectivity index (χ0) is 27.3. The van der Waals surface area contributed by atoms with Crippen LogP contribution in [-0.4, -0.2) is 30.1 Å². The van der Waals surface area contributed by atoms with Crippen molar-refractivity contribution in [2.45, 2.75) is 23.3 Å². The lowest BCUT2D eigenvalue weighted by atomic mass is 10.0. The molecule has 2 aliphatic rings. The summed E-state index contributed by atoms with van der Waals surface area (Å²) in [4.78, 5) is 11.5. The molecule has 0 bridgehead atoms. The van der Waals surface area contributed by atoms with Crippen LogP contribution in [0.2, 0.25) is 0 Å². The molecule has 0 spiro atoms. The van der Waals surface area contributed by atoms with Crippen LogP contribution in [0.25, 0.3) is 11.0 Å². The van der Waals surface area contributed by atoms with E-state index in [9.17, 15) is 34.8 Å². The van der Waals surface area contributed by atoms with E-state index in [1.807, 2.05) is 0 Å². The van der Waals surface area contributed by atoms with Gasteiger partial charge in [0.1, 0.15) is 23.2 Å². The number of hydrogen-bond donors (Lipinski definition) is 2. The molecule has 16 heteroatoms. The lowest BCUT2D eigenvalue weighted by Gasteiger charge is -2.18. The summed E-state index contributed by atoms with van der Waals surface area (Å²) in [6, 6.07) is 6.07. The van der Waals surface area contributed by atoms with Crippen LogP contribution in [0.3, 0.4) is 0 Å². The largest absolute Gasteiger partial charge is 0.439 e. The van der Waals surface area contributed by atoms with E-state index in [4.69, 9.17) is 9.68 Å². The van der Waals surface area contributed by atoms with E-state index >= 15 is 0 Å². The summed E-state index contributed by atoms with van der Waals surface area (Å²) in [5, 5.41) is 3.07. The second-order valence-corrected chi connectivity index (χ2v) is 9.57. The van der Waals surface area contributed by atoms with Gasteiger partial charge in [-0.05, 0) is 48.6 Å². The van der Waals surface area contributed by atoms with Gasteiger partial charge in [0.15, 0.2) is 5.65 Å². The first-order chi connectivity index (χ1) is 17.8. The third kappa shape index (κ3) is 4.99. The fourth-order valence-corrected chi connectivity index (χ4v) is 4.69. The number of oxime groups is 1. The molecule has 3 aromatic rings. The summed E-state index contributed by atoms with van der Waals surface area (Å²) >= 11 is 0. The minimum absolute atomic E-state index is 0.0129. The Hall–Kier alpha value is -4.18.